The number of anilines is 2. The molecule has 0 aliphatic carbocycles. The van der Waals surface area contributed by atoms with Crippen molar-refractivity contribution in [3.63, 3.8) is 0 Å². The van der Waals surface area contributed by atoms with Gasteiger partial charge in [0.05, 0.1) is 36.3 Å². The number of pyridine rings is 1. The van der Waals surface area contributed by atoms with Crippen LogP contribution in [0.5, 0.6) is 5.75 Å². The van der Waals surface area contributed by atoms with Crippen molar-refractivity contribution >= 4 is 35.0 Å². The molecule has 5 atom stereocenters. The largest absolute Gasteiger partial charge is 0.494 e. The number of ether oxygens (including phenoxy) is 1. The highest BCUT2D eigenvalue weighted by Gasteiger charge is 2.45. The van der Waals surface area contributed by atoms with Crippen molar-refractivity contribution in [1.82, 2.24) is 45.4 Å². The summed E-state index contributed by atoms with van der Waals surface area (Å²) in [6, 6.07) is 20.4. The lowest BCUT2D eigenvalue weighted by Gasteiger charge is -2.41. The van der Waals surface area contributed by atoms with Crippen LogP contribution in [0.3, 0.4) is 0 Å². The Kier molecular flexibility index (Phi) is 13.8. The van der Waals surface area contributed by atoms with Crippen molar-refractivity contribution in [1.29, 1.82) is 0 Å². The van der Waals surface area contributed by atoms with Crippen molar-refractivity contribution < 1.29 is 29.0 Å². The highest BCUT2D eigenvalue weighted by atomic mass is 16.5. The zero-order chi connectivity index (χ0) is 45.7. The van der Waals surface area contributed by atoms with E-state index >= 15 is 0 Å². The predicted molar refractivity (Wildman–Crippen MR) is 243 cm³/mol. The Hall–Kier alpha value is -6.59. The van der Waals surface area contributed by atoms with Gasteiger partial charge in [0, 0.05) is 82.8 Å². The van der Waals surface area contributed by atoms with E-state index in [4.69, 9.17) is 4.74 Å². The summed E-state index contributed by atoms with van der Waals surface area (Å²) in [7, 11) is 3.44. The molecule has 0 saturated carbocycles. The third kappa shape index (κ3) is 10.4. The first-order valence-corrected chi connectivity index (χ1v) is 21.7. The molecule has 338 valence electrons. The summed E-state index contributed by atoms with van der Waals surface area (Å²) in [6.07, 6.45) is 2.85. The first-order chi connectivity index (χ1) is 30.6. The molecule has 17 heteroatoms. The number of nitrogens with one attached hydrogen (secondary N) is 4. The molecule has 5 aromatic rings. The van der Waals surface area contributed by atoms with Gasteiger partial charge in [-0.15, -0.1) is 0 Å². The summed E-state index contributed by atoms with van der Waals surface area (Å²) in [5.74, 6) is -0.887. The van der Waals surface area contributed by atoms with Crippen LogP contribution in [0.4, 0.5) is 11.4 Å². The molecule has 0 spiro atoms. The SMILES string of the molecule is COc1cc(N2CCN(CCC(=O)N[C@H](C(=O)N3C[C@H](O)C[C@H]3C(=O)N[C@@H](C)c3ccc(-c4ccnn4C)cc3)C(C)(C)C)[C@H](C)C2)ccc1NC(=O)c1cccc(-c2cc[nH]n2)n1. The number of rotatable bonds is 14. The van der Waals surface area contributed by atoms with E-state index in [1.54, 1.807) is 48.5 Å². The second-order valence-corrected chi connectivity index (χ2v) is 17.7. The fourth-order valence-corrected chi connectivity index (χ4v) is 8.43. The minimum absolute atomic E-state index is 0.00265. The van der Waals surface area contributed by atoms with Gasteiger partial charge in [-0.2, -0.15) is 10.2 Å². The van der Waals surface area contributed by atoms with Crippen molar-refractivity contribution in [3.8, 4) is 28.4 Å². The Labute approximate surface area is 373 Å². The highest BCUT2D eigenvalue weighted by molar-refractivity contribution is 6.04. The number of benzene rings is 2. The summed E-state index contributed by atoms with van der Waals surface area (Å²) in [5, 5.41) is 30.8. The van der Waals surface area contributed by atoms with E-state index in [0.29, 0.717) is 49.0 Å². The maximum Gasteiger partial charge on any atom is 0.274 e. The number of aromatic amines is 1. The van der Waals surface area contributed by atoms with E-state index in [9.17, 15) is 24.3 Å². The van der Waals surface area contributed by atoms with Crippen LogP contribution in [0.1, 0.15) is 69.6 Å². The average molecular weight is 874 g/mol. The number of aryl methyl sites for hydroxylation is 1. The lowest BCUT2D eigenvalue weighted by Crippen LogP contribution is -2.58. The van der Waals surface area contributed by atoms with Crippen molar-refractivity contribution in [3.05, 3.63) is 96.4 Å². The Balaban J connectivity index is 0.914. The third-order valence-corrected chi connectivity index (χ3v) is 12.1. The number of β-amino-alcohol motifs (C(OH)–C–C–N with tert-alkyl or cyclic N) is 1. The Morgan fingerprint density at radius 2 is 1.75 bits per heavy atom. The third-order valence-electron chi connectivity index (χ3n) is 12.1. The monoisotopic (exact) mass is 873 g/mol. The van der Waals surface area contributed by atoms with Gasteiger partial charge in [0.15, 0.2) is 0 Å². The number of carbonyl (C=O) groups is 4. The zero-order valence-corrected chi connectivity index (χ0v) is 37.5. The number of methoxy groups -OCH3 is 1. The lowest BCUT2D eigenvalue weighted by molar-refractivity contribution is -0.144. The van der Waals surface area contributed by atoms with Gasteiger partial charge in [-0.25, -0.2) is 4.98 Å². The number of aliphatic hydroxyl groups is 1. The zero-order valence-electron chi connectivity index (χ0n) is 37.5. The molecule has 2 aromatic carbocycles. The van der Waals surface area contributed by atoms with Crippen LogP contribution in [-0.4, -0.2) is 128 Å². The second kappa shape index (κ2) is 19.4. The first kappa shape index (κ1) is 45.4. The second-order valence-electron chi connectivity index (χ2n) is 17.7. The van der Waals surface area contributed by atoms with E-state index in [2.05, 4.69) is 53.0 Å². The van der Waals surface area contributed by atoms with Crippen LogP contribution >= 0.6 is 0 Å². The molecule has 0 radical (unpaired) electrons. The summed E-state index contributed by atoms with van der Waals surface area (Å²) >= 11 is 0. The number of amides is 4. The minimum atomic E-state index is -0.919. The smallest absolute Gasteiger partial charge is 0.274 e. The fraction of sp³-hybridized carbons (Fsp3) is 0.426. The fourth-order valence-electron chi connectivity index (χ4n) is 8.43. The van der Waals surface area contributed by atoms with Crippen LogP contribution in [0.2, 0.25) is 0 Å². The average Bonchev–Trinajstić information content (AvgIpc) is 4.07. The van der Waals surface area contributed by atoms with Crippen LogP contribution in [0.25, 0.3) is 22.6 Å². The highest BCUT2D eigenvalue weighted by Crippen LogP contribution is 2.32. The standard InChI is InChI=1S/C47H59N11O6/c1-29-27-57(33-15-16-37(41(25-33)64-7)52-44(61)38-10-8-9-35(51-38)36-17-20-48-54-36)24-23-56(29)22-19-42(60)53-43(47(3,4)5)46(63)58-28-34(59)26-40(58)45(62)50-30(2)31-11-13-32(14-12-31)39-18-21-49-55(39)6/h8-18,20-21,25,29-30,34,40,43,59H,19,22-24,26-28H2,1-7H3,(H,48,54)(H,50,62)(H,52,61)(H,53,60)/t29-,30+,34-,40+,43-/m1/s1. The number of aliphatic hydroxyl groups excluding tert-OH is 1. The normalized spacial score (nSPS) is 18.9. The number of nitrogens with zero attached hydrogens (tertiary/aromatic N) is 7. The van der Waals surface area contributed by atoms with Gasteiger partial charge in [0.25, 0.3) is 5.91 Å². The van der Waals surface area contributed by atoms with Gasteiger partial charge in [-0.05, 0) is 66.8 Å². The number of hydrogen-bond acceptors (Lipinski definition) is 11. The molecule has 2 fully saturated rings. The van der Waals surface area contributed by atoms with Crippen LogP contribution in [0.15, 0.2) is 85.2 Å². The Morgan fingerprint density at radius 1 is 0.969 bits per heavy atom. The van der Waals surface area contributed by atoms with Crippen LogP contribution < -0.4 is 25.6 Å². The Bertz CT molecular complexity index is 2430. The molecule has 4 amide bonds. The topological polar surface area (TPSA) is 203 Å². The number of likely N-dealkylation sites (tertiary alicyclic amines) is 1. The number of aromatic nitrogens is 5. The summed E-state index contributed by atoms with van der Waals surface area (Å²) in [4.78, 5) is 65.2. The van der Waals surface area contributed by atoms with Crippen molar-refractivity contribution in [2.75, 3.05) is 50.1 Å². The maximum atomic E-state index is 14.2. The van der Waals surface area contributed by atoms with Crippen LogP contribution in [-0.2, 0) is 21.4 Å². The Morgan fingerprint density at radius 3 is 2.42 bits per heavy atom. The van der Waals surface area contributed by atoms with Gasteiger partial charge in [0.2, 0.25) is 17.7 Å². The van der Waals surface area contributed by atoms with Gasteiger partial charge < -0.3 is 35.6 Å². The molecule has 5 N–H and O–H groups in total. The molecular formula is C47H59N11O6. The molecule has 64 heavy (non-hydrogen) atoms. The molecule has 2 aliphatic heterocycles. The van der Waals surface area contributed by atoms with E-state index in [0.717, 1.165) is 22.5 Å². The molecular weight excluding hydrogens is 815 g/mol. The molecule has 5 heterocycles. The molecule has 7 rings (SSSR count). The van der Waals surface area contributed by atoms with E-state index in [-0.39, 0.29) is 54.9 Å². The summed E-state index contributed by atoms with van der Waals surface area (Å²) in [5.41, 5.74) is 5.11. The quantitative estimate of drug-likeness (QED) is 0.106. The van der Waals surface area contributed by atoms with Gasteiger partial charge in [-0.1, -0.05) is 51.1 Å². The number of hydrogen-bond donors (Lipinski definition) is 5. The van der Waals surface area contributed by atoms with Crippen LogP contribution in [0, 0.1) is 5.41 Å². The maximum absolute atomic E-state index is 14.2. The molecule has 0 unspecified atom stereocenters. The summed E-state index contributed by atoms with van der Waals surface area (Å²) < 4.78 is 7.49. The van der Waals surface area contributed by atoms with E-state index in [1.165, 1.54) is 4.90 Å². The first-order valence-electron chi connectivity index (χ1n) is 21.7. The van der Waals surface area contributed by atoms with Crippen molar-refractivity contribution in [2.24, 2.45) is 12.5 Å². The number of H-pyrrole nitrogens is 1. The van der Waals surface area contributed by atoms with Gasteiger partial charge >= 0.3 is 0 Å². The molecule has 0 bridgehead atoms. The molecule has 2 aliphatic rings. The van der Waals surface area contributed by atoms with E-state index < -0.39 is 29.5 Å². The van der Waals surface area contributed by atoms with Gasteiger partial charge in [-0.3, -0.25) is 33.9 Å². The predicted octanol–water partition coefficient (Wildman–Crippen LogP) is 4.40. The molecule has 3 aromatic heterocycles. The van der Waals surface area contributed by atoms with Crippen molar-refractivity contribution in [2.45, 2.75) is 77.7 Å². The molecule has 2 saturated heterocycles. The molecule has 17 nitrogen and oxygen atoms in total. The minimum Gasteiger partial charge on any atom is -0.494 e. The van der Waals surface area contributed by atoms with E-state index in [1.807, 2.05) is 83.3 Å². The summed E-state index contributed by atoms with van der Waals surface area (Å²) in [6.45, 7) is 12.2. The lowest BCUT2D eigenvalue weighted by atomic mass is 9.85. The van der Waals surface area contributed by atoms with Gasteiger partial charge in [0.1, 0.15) is 29.2 Å². The number of piperazine rings is 1. The number of carbonyl (C=O) groups excluding carboxylic acids is 4.